The molecule has 12 nitrogen and oxygen atoms in total. The molecule has 0 spiro atoms. The summed E-state index contributed by atoms with van der Waals surface area (Å²) in [6.45, 7) is 4.53. The standard InChI is InChI=1S/C33H40O12/c1-33(2,23-11-15-25(16-12-23)40-31(36)44-42-29(34)21-7-5-9-27(19-21)38-3)24-13-17-26(18-14-24)41-32(37)45-43-30(35)22-8-6-10-28(20-22)39-4/h5-10,19-20,23-26H,11-18H2,1-4H3. The van der Waals surface area contributed by atoms with E-state index in [-0.39, 0.29) is 28.7 Å². The maximum absolute atomic E-state index is 12.1. The van der Waals surface area contributed by atoms with Crippen LogP contribution in [0.25, 0.3) is 0 Å². The SMILES string of the molecule is COc1cccc(C(=O)OOC(=O)OC2CCC(C(C)(C)C3CCC(OC(=O)OOC(=O)c4cccc(OC)c4)CC3)CC2)c1. The van der Waals surface area contributed by atoms with Gasteiger partial charge in [-0.2, -0.15) is 9.59 Å². The normalized spacial score (nSPS) is 21.4. The first-order valence-corrected chi connectivity index (χ1v) is 15.1. The van der Waals surface area contributed by atoms with Crippen molar-refractivity contribution in [2.45, 2.75) is 77.4 Å². The fourth-order valence-corrected chi connectivity index (χ4v) is 6.23. The van der Waals surface area contributed by atoms with E-state index in [1.54, 1.807) is 24.3 Å². The first kappa shape index (κ1) is 33.4. The van der Waals surface area contributed by atoms with Crippen LogP contribution in [0.4, 0.5) is 9.59 Å². The Morgan fingerprint density at radius 3 is 1.31 bits per heavy atom. The lowest BCUT2D eigenvalue weighted by Gasteiger charge is -2.46. The first-order valence-electron chi connectivity index (χ1n) is 15.1. The highest BCUT2D eigenvalue weighted by molar-refractivity contribution is 5.90. The zero-order valence-electron chi connectivity index (χ0n) is 26.0. The highest BCUT2D eigenvalue weighted by atomic mass is 17.2. The van der Waals surface area contributed by atoms with Gasteiger partial charge in [-0.25, -0.2) is 29.1 Å². The van der Waals surface area contributed by atoms with Crippen molar-refractivity contribution in [2.24, 2.45) is 17.3 Å². The van der Waals surface area contributed by atoms with Crippen molar-refractivity contribution in [3.8, 4) is 11.5 Å². The van der Waals surface area contributed by atoms with Crippen LogP contribution in [0.5, 0.6) is 11.5 Å². The first-order chi connectivity index (χ1) is 21.6. The molecule has 0 amide bonds. The van der Waals surface area contributed by atoms with Crippen LogP contribution in [0.15, 0.2) is 48.5 Å². The van der Waals surface area contributed by atoms with E-state index >= 15 is 0 Å². The minimum absolute atomic E-state index is 0.0233. The molecule has 2 aromatic rings. The molecule has 0 aliphatic heterocycles. The Hall–Kier alpha value is -4.48. The smallest absolute Gasteiger partial charge is 0.497 e. The van der Waals surface area contributed by atoms with E-state index < -0.39 is 24.2 Å². The number of rotatable bonds is 8. The summed E-state index contributed by atoms with van der Waals surface area (Å²) in [7, 11) is 2.95. The van der Waals surface area contributed by atoms with Gasteiger partial charge in [0.15, 0.2) is 0 Å². The molecular formula is C33H40O12. The lowest BCUT2D eigenvalue weighted by Crippen LogP contribution is -2.39. The molecule has 2 aromatic carbocycles. The Kier molecular flexibility index (Phi) is 11.5. The highest BCUT2D eigenvalue weighted by Crippen LogP contribution is 2.49. The summed E-state index contributed by atoms with van der Waals surface area (Å²) < 4.78 is 20.9. The van der Waals surface area contributed by atoms with Gasteiger partial charge in [-0.15, -0.1) is 0 Å². The summed E-state index contributed by atoms with van der Waals surface area (Å²) in [4.78, 5) is 67.0. The molecular weight excluding hydrogens is 588 g/mol. The van der Waals surface area contributed by atoms with E-state index in [1.807, 2.05) is 0 Å². The molecule has 0 N–H and O–H groups in total. The summed E-state index contributed by atoms with van der Waals surface area (Å²) in [6.07, 6.45) is 3.41. The fraction of sp³-hybridized carbons (Fsp3) is 0.515. The predicted octanol–water partition coefficient (Wildman–Crippen LogP) is 7.00. The van der Waals surface area contributed by atoms with Crippen LogP contribution in [0.2, 0.25) is 0 Å². The summed E-state index contributed by atoms with van der Waals surface area (Å²) in [5.41, 5.74) is 0.378. The van der Waals surface area contributed by atoms with Crippen LogP contribution in [-0.2, 0) is 29.0 Å². The maximum Gasteiger partial charge on any atom is 0.550 e. The van der Waals surface area contributed by atoms with Crippen molar-refractivity contribution >= 4 is 24.2 Å². The van der Waals surface area contributed by atoms with Gasteiger partial charge in [-0.3, -0.25) is 0 Å². The Labute approximate surface area is 262 Å². The monoisotopic (exact) mass is 628 g/mol. The van der Waals surface area contributed by atoms with Gasteiger partial charge in [0.05, 0.1) is 25.3 Å². The number of carbonyl (C=O) groups is 4. The third-order valence-electron chi connectivity index (χ3n) is 8.96. The number of methoxy groups -OCH3 is 2. The third-order valence-corrected chi connectivity index (χ3v) is 8.96. The van der Waals surface area contributed by atoms with Crippen LogP contribution < -0.4 is 9.47 Å². The minimum atomic E-state index is -1.05. The van der Waals surface area contributed by atoms with Crippen LogP contribution in [0.1, 0.15) is 85.9 Å². The zero-order valence-corrected chi connectivity index (χ0v) is 26.0. The van der Waals surface area contributed by atoms with Crippen molar-refractivity contribution in [3.63, 3.8) is 0 Å². The summed E-state index contributed by atoms with van der Waals surface area (Å²) in [5.74, 6) is 0.116. The van der Waals surface area contributed by atoms with Gasteiger partial charge >= 0.3 is 24.2 Å². The second-order valence-electron chi connectivity index (χ2n) is 11.9. The number of carbonyl (C=O) groups excluding carboxylic acids is 4. The average Bonchev–Trinajstić information content (AvgIpc) is 3.06. The Morgan fingerprint density at radius 2 is 0.956 bits per heavy atom. The fourth-order valence-electron chi connectivity index (χ4n) is 6.23. The van der Waals surface area contributed by atoms with Crippen LogP contribution in [0.3, 0.4) is 0 Å². The largest absolute Gasteiger partial charge is 0.550 e. The predicted molar refractivity (Wildman–Crippen MR) is 157 cm³/mol. The zero-order chi connectivity index (χ0) is 32.4. The van der Waals surface area contributed by atoms with E-state index in [2.05, 4.69) is 33.4 Å². The van der Waals surface area contributed by atoms with E-state index in [0.29, 0.717) is 49.0 Å². The summed E-state index contributed by atoms with van der Waals surface area (Å²) in [5, 5.41) is 0. The molecule has 0 unspecified atom stereocenters. The van der Waals surface area contributed by atoms with E-state index in [1.165, 1.54) is 38.5 Å². The number of ether oxygens (including phenoxy) is 4. The van der Waals surface area contributed by atoms with E-state index in [9.17, 15) is 19.2 Å². The van der Waals surface area contributed by atoms with Gasteiger partial charge in [0.25, 0.3) is 0 Å². The molecule has 0 aromatic heterocycles. The van der Waals surface area contributed by atoms with Gasteiger partial charge in [-0.1, -0.05) is 26.0 Å². The molecule has 0 heterocycles. The lowest BCUT2D eigenvalue weighted by atomic mass is 9.60. The summed E-state index contributed by atoms with van der Waals surface area (Å²) >= 11 is 0. The summed E-state index contributed by atoms with van der Waals surface area (Å²) in [6, 6.07) is 12.6. The lowest BCUT2D eigenvalue weighted by molar-refractivity contribution is -0.209. The molecule has 2 saturated carbocycles. The number of hydrogen-bond donors (Lipinski definition) is 0. The van der Waals surface area contributed by atoms with Crippen molar-refractivity contribution in [2.75, 3.05) is 14.2 Å². The van der Waals surface area contributed by atoms with Gasteiger partial charge in [0.1, 0.15) is 23.7 Å². The van der Waals surface area contributed by atoms with Crippen molar-refractivity contribution in [1.29, 1.82) is 0 Å². The van der Waals surface area contributed by atoms with Crippen LogP contribution in [0, 0.1) is 17.3 Å². The molecule has 2 aliphatic carbocycles. The van der Waals surface area contributed by atoms with Gasteiger partial charge in [-0.05, 0) is 105 Å². The van der Waals surface area contributed by atoms with Gasteiger partial charge < -0.3 is 18.9 Å². The molecule has 2 aliphatic rings. The maximum atomic E-state index is 12.1. The molecule has 12 heteroatoms. The van der Waals surface area contributed by atoms with Crippen molar-refractivity contribution in [3.05, 3.63) is 59.7 Å². The van der Waals surface area contributed by atoms with E-state index in [4.69, 9.17) is 18.9 Å². The molecule has 0 saturated heterocycles. The van der Waals surface area contributed by atoms with Crippen molar-refractivity contribution < 1.29 is 57.7 Å². The second kappa shape index (κ2) is 15.5. The Bertz CT molecular complexity index is 1220. The quantitative estimate of drug-likeness (QED) is 0.169. The molecule has 45 heavy (non-hydrogen) atoms. The van der Waals surface area contributed by atoms with Gasteiger partial charge in [0.2, 0.25) is 0 Å². The molecule has 0 atom stereocenters. The molecule has 4 rings (SSSR count). The van der Waals surface area contributed by atoms with Crippen LogP contribution >= 0.6 is 0 Å². The minimum Gasteiger partial charge on any atom is -0.497 e. The Morgan fingerprint density at radius 1 is 0.578 bits per heavy atom. The Balaban J connectivity index is 1.13. The molecule has 0 radical (unpaired) electrons. The molecule has 0 bridgehead atoms. The molecule has 244 valence electrons. The third kappa shape index (κ3) is 9.26. The van der Waals surface area contributed by atoms with Crippen molar-refractivity contribution in [1.82, 2.24) is 0 Å². The van der Waals surface area contributed by atoms with E-state index in [0.717, 1.165) is 25.7 Å². The highest BCUT2D eigenvalue weighted by Gasteiger charge is 2.41. The second-order valence-corrected chi connectivity index (χ2v) is 11.9. The van der Waals surface area contributed by atoms with Crippen LogP contribution in [-0.4, -0.2) is 50.7 Å². The number of hydrogen-bond acceptors (Lipinski definition) is 12. The number of benzene rings is 2. The topological polar surface area (TPSA) is 142 Å². The molecule has 2 fully saturated rings. The van der Waals surface area contributed by atoms with Gasteiger partial charge in [0, 0.05) is 0 Å². The average molecular weight is 629 g/mol.